The average Bonchev–Trinajstić information content (AvgIpc) is 3.44. The lowest BCUT2D eigenvalue weighted by atomic mass is 9.85. The Labute approximate surface area is 198 Å². The Hall–Kier alpha value is -3.13. The molecule has 0 amide bonds. The molecule has 0 saturated carbocycles. The van der Waals surface area contributed by atoms with E-state index in [0.717, 1.165) is 47.7 Å². The quantitative estimate of drug-likeness (QED) is 0.529. The first-order valence-corrected chi connectivity index (χ1v) is 11.9. The predicted molar refractivity (Wildman–Crippen MR) is 128 cm³/mol. The fourth-order valence-electron chi connectivity index (χ4n) is 4.87. The first-order chi connectivity index (χ1) is 16.3. The molecule has 1 fully saturated rings. The maximum atomic E-state index is 13.0. The Balaban J connectivity index is 1.64. The molecule has 34 heavy (non-hydrogen) atoms. The minimum Gasteiger partial charge on any atom is -0.491 e. The van der Waals surface area contributed by atoms with E-state index in [4.69, 9.17) is 19.3 Å². The van der Waals surface area contributed by atoms with Crippen molar-refractivity contribution in [3.63, 3.8) is 0 Å². The highest BCUT2D eigenvalue weighted by Gasteiger charge is 2.35. The normalized spacial score (nSPS) is 19.6. The summed E-state index contributed by atoms with van der Waals surface area (Å²) in [6.45, 7) is 11.1. The summed E-state index contributed by atoms with van der Waals surface area (Å²) >= 11 is 0. The maximum absolute atomic E-state index is 13.0. The number of nitrogens with zero attached hydrogens (tertiary/aromatic N) is 3. The van der Waals surface area contributed by atoms with Crippen LogP contribution in [0, 0.1) is 11.3 Å². The van der Waals surface area contributed by atoms with Gasteiger partial charge in [-0.2, -0.15) is 5.10 Å². The number of benzene rings is 1. The summed E-state index contributed by atoms with van der Waals surface area (Å²) < 4.78 is 20.8. The fraction of sp³-hybridized carbons (Fsp3) is 0.500. The molecular formula is C26H31N3O5. The second kappa shape index (κ2) is 8.58. The van der Waals surface area contributed by atoms with Crippen molar-refractivity contribution in [3.8, 4) is 17.1 Å². The maximum Gasteiger partial charge on any atom is 0.343 e. The van der Waals surface area contributed by atoms with Gasteiger partial charge in [-0.15, -0.1) is 0 Å². The van der Waals surface area contributed by atoms with Gasteiger partial charge < -0.3 is 18.8 Å². The van der Waals surface area contributed by atoms with Crippen molar-refractivity contribution < 1.29 is 19.0 Å². The molecule has 0 spiro atoms. The molecular weight excluding hydrogens is 434 g/mol. The zero-order chi connectivity index (χ0) is 24.0. The lowest BCUT2D eigenvalue weighted by molar-refractivity contribution is 0.0522. The first kappa shape index (κ1) is 22.7. The van der Waals surface area contributed by atoms with Crippen LogP contribution in [0.5, 0.6) is 5.75 Å². The van der Waals surface area contributed by atoms with Gasteiger partial charge in [-0.3, -0.25) is 9.48 Å². The molecule has 1 aromatic carbocycles. The monoisotopic (exact) mass is 465 g/mol. The Bertz CT molecular complexity index is 1290. The van der Waals surface area contributed by atoms with Crippen LogP contribution in [0.3, 0.4) is 0 Å². The Morgan fingerprint density at radius 1 is 1.29 bits per heavy atom. The third-order valence-electron chi connectivity index (χ3n) is 6.73. The number of pyridine rings is 1. The predicted octanol–water partition coefficient (Wildman–Crippen LogP) is 4.06. The zero-order valence-electron chi connectivity index (χ0n) is 20.2. The lowest BCUT2D eigenvalue weighted by Crippen LogP contribution is -2.35. The molecule has 0 N–H and O–H groups in total. The molecule has 0 radical (unpaired) electrons. The molecule has 2 atom stereocenters. The SMILES string of the molecule is CCOC(=O)c1cn2c(cc1=O)-c1c3cccc(OCC4CCOC4)c3nn1CC2C(C)(C)C. The molecule has 2 aliphatic heterocycles. The van der Waals surface area contributed by atoms with E-state index in [-0.39, 0.29) is 29.1 Å². The summed E-state index contributed by atoms with van der Waals surface area (Å²) in [5.74, 6) is 0.528. The highest BCUT2D eigenvalue weighted by Crippen LogP contribution is 2.43. The Kier molecular flexibility index (Phi) is 5.72. The van der Waals surface area contributed by atoms with Gasteiger partial charge in [0, 0.05) is 30.2 Å². The van der Waals surface area contributed by atoms with Crippen molar-refractivity contribution in [2.24, 2.45) is 11.3 Å². The third kappa shape index (κ3) is 3.90. The molecule has 0 bridgehead atoms. The van der Waals surface area contributed by atoms with Gasteiger partial charge in [0.25, 0.3) is 0 Å². The van der Waals surface area contributed by atoms with Gasteiger partial charge in [0.15, 0.2) is 5.43 Å². The summed E-state index contributed by atoms with van der Waals surface area (Å²) in [5.41, 5.74) is 1.94. The van der Waals surface area contributed by atoms with Crippen LogP contribution >= 0.6 is 0 Å². The van der Waals surface area contributed by atoms with E-state index in [9.17, 15) is 9.59 Å². The fourth-order valence-corrected chi connectivity index (χ4v) is 4.87. The van der Waals surface area contributed by atoms with Crippen molar-refractivity contribution in [2.75, 3.05) is 26.4 Å². The number of esters is 1. The van der Waals surface area contributed by atoms with Crippen LogP contribution in [0.4, 0.5) is 0 Å². The molecule has 2 aromatic heterocycles. The van der Waals surface area contributed by atoms with E-state index in [0.29, 0.717) is 19.1 Å². The van der Waals surface area contributed by atoms with Crippen LogP contribution in [-0.4, -0.2) is 46.7 Å². The van der Waals surface area contributed by atoms with Crippen molar-refractivity contribution in [2.45, 2.75) is 46.7 Å². The van der Waals surface area contributed by atoms with Gasteiger partial charge >= 0.3 is 5.97 Å². The van der Waals surface area contributed by atoms with E-state index in [1.807, 2.05) is 27.4 Å². The van der Waals surface area contributed by atoms with Crippen molar-refractivity contribution >= 4 is 16.9 Å². The molecule has 8 heteroatoms. The largest absolute Gasteiger partial charge is 0.491 e. The number of ether oxygens (including phenoxy) is 3. The second-order valence-electron chi connectivity index (χ2n) is 10.2. The summed E-state index contributed by atoms with van der Waals surface area (Å²) in [6, 6.07) is 7.43. The van der Waals surface area contributed by atoms with Gasteiger partial charge in [0.05, 0.1) is 43.8 Å². The minimum atomic E-state index is -0.592. The molecule has 8 nitrogen and oxygen atoms in total. The smallest absolute Gasteiger partial charge is 0.343 e. The van der Waals surface area contributed by atoms with Crippen LogP contribution in [0.25, 0.3) is 22.3 Å². The molecule has 2 aliphatic rings. The summed E-state index contributed by atoms with van der Waals surface area (Å²) in [5, 5.41) is 5.85. The molecule has 180 valence electrons. The Morgan fingerprint density at radius 2 is 2.12 bits per heavy atom. The standard InChI is InChI=1S/C26H31N3O5/c1-5-33-25(31)18-12-28-19(11-20(18)30)24-17-7-6-8-21(34-15-16-9-10-32-14-16)23(17)27-29(24)13-22(28)26(2,3)4/h6-8,11-12,16,22H,5,9-10,13-15H2,1-4H3. The van der Waals surface area contributed by atoms with Crippen molar-refractivity contribution in [1.82, 2.24) is 14.3 Å². The number of aromatic nitrogens is 3. The molecule has 1 saturated heterocycles. The second-order valence-corrected chi connectivity index (χ2v) is 10.2. The first-order valence-electron chi connectivity index (χ1n) is 11.9. The number of fused-ring (bicyclic) bond motifs is 5. The Morgan fingerprint density at radius 3 is 2.82 bits per heavy atom. The van der Waals surface area contributed by atoms with Crippen molar-refractivity contribution in [1.29, 1.82) is 0 Å². The summed E-state index contributed by atoms with van der Waals surface area (Å²) in [6.07, 6.45) is 2.66. The van der Waals surface area contributed by atoms with Gasteiger partial charge in [0.2, 0.25) is 0 Å². The zero-order valence-corrected chi connectivity index (χ0v) is 20.2. The van der Waals surface area contributed by atoms with Gasteiger partial charge in [-0.1, -0.05) is 32.9 Å². The molecule has 0 aliphatic carbocycles. The van der Waals surface area contributed by atoms with E-state index < -0.39 is 5.97 Å². The van der Waals surface area contributed by atoms with E-state index in [1.54, 1.807) is 19.2 Å². The van der Waals surface area contributed by atoms with Crippen LogP contribution in [0.1, 0.15) is 50.5 Å². The highest BCUT2D eigenvalue weighted by atomic mass is 16.5. The topological polar surface area (TPSA) is 84.6 Å². The van der Waals surface area contributed by atoms with E-state index >= 15 is 0 Å². The van der Waals surface area contributed by atoms with Gasteiger partial charge in [-0.05, 0) is 24.8 Å². The number of rotatable bonds is 5. The van der Waals surface area contributed by atoms with Crippen LogP contribution in [0.15, 0.2) is 35.3 Å². The van der Waals surface area contributed by atoms with Gasteiger partial charge in [0.1, 0.15) is 16.8 Å². The van der Waals surface area contributed by atoms with Crippen LogP contribution in [-0.2, 0) is 16.0 Å². The number of hydrogen-bond donors (Lipinski definition) is 0. The minimum absolute atomic E-state index is 0.0157. The van der Waals surface area contributed by atoms with E-state index in [1.165, 1.54) is 0 Å². The van der Waals surface area contributed by atoms with Crippen LogP contribution in [0.2, 0.25) is 0 Å². The lowest BCUT2D eigenvalue weighted by Gasteiger charge is -2.38. The number of hydrogen-bond acceptors (Lipinski definition) is 6. The van der Waals surface area contributed by atoms with Crippen LogP contribution < -0.4 is 10.2 Å². The number of carbonyl (C=O) groups is 1. The average molecular weight is 466 g/mol. The molecule has 5 rings (SSSR count). The molecule has 2 unspecified atom stereocenters. The molecule has 4 heterocycles. The van der Waals surface area contributed by atoms with E-state index in [2.05, 4.69) is 20.8 Å². The third-order valence-corrected chi connectivity index (χ3v) is 6.73. The van der Waals surface area contributed by atoms with Gasteiger partial charge in [-0.25, -0.2) is 4.79 Å². The van der Waals surface area contributed by atoms with Crippen molar-refractivity contribution in [3.05, 3.63) is 46.2 Å². The molecule has 3 aromatic rings. The number of carbonyl (C=O) groups excluding carboxylic acids is 1. The summed E-state index contributed by atoms with van der Waals surface area (Å²) in [7, 11) is 0. The highest BCUT2D eigenvalue weighted by molar-refractivity contribution is 5.97. The summed E-state index contributed by atoms with van der Waals surface area (Å²) in [4.78, 5) is 25.4.